The fourth-order valence-electron chi connectivity index (χ4n) is 5.67. The van der Waals surface area contributed by atoms with Crippen molar-refractivity contribution < 1.29 is 22.7 Å². The molecule has 0 aromatic heterocycles. The van der Waals surface area contributed by atoms with Crippen LogP contribution in [0.25, 0.3) is 0 Å². The molecule has 2 saturated carbocycles. The first-order chi connectivity index (χ1) is 15.8. The second kappa shape index (κ2) is 10.1. The quantitative estimate of drug-likeness (QED) is 0.249. The van der Waals surface area contributed by atoms with Crippen molar-refractivity contribution in [2.45, 2.75) is 63.5 Å². The van der Waals surface area contributed by atoms with Gasteiger partial charge in [0.05, 0.1) is 11.1 Å². The Morgan fingerprint density at radius 2 is 1.61 bits per heavy atom. The molecule has 33 heavy (non-hydrogen) atoms. The molecule has 4 atom stereocenters. The van der Waals surface area contributed by atoms with Crippen LogP contribution in [-0.4, -0.2) is 5.97 Å². The Labute approximate surface area is 193 Å². The summed E-state index contributed by atoms with van der Waals surface area (Å²) in [6.45, 7) is 3.85. The van der Waals surface area contributed by atoms with Crippen LogP contribution in [0.5, 0.6) is 5.75 Å². The zero-order valence-electron chi connectivity index (χ0n) is 18.8. The molecule has 0 heterocycles. The van der Waals surface area contributed by atoms with Gasteiger partial charge in [0, 0.05) is 0 Å². The normalized spacial score (nSPS) is 25.2. The summed E-state index contributed by atoms with van der Waals surface area (Å²) >= 11 is 0. The van der Waals surface area contributed by atoms with Crippen LogP contribution in [0.2, 0.25) is 0 Å². The highest BCUT2D eigenvalue weighted by Crippen LogP contribution is 2.48. The number of hydrogen-bond acceptors (Lipinski definition) is 2. The minimum Gasteiger partial charge on any atom is -0.423 e. The lowest BCUT2D eigenvalue weighted by Crippen LogP contribution is -2.30. The summed E-state index contributed by atoms with van der Waals surface area (Å²) in [5.41, 5.74) is 0.884. The van der Waals surface area contributed by atoms with Gasteiger partial charge in [0.25, 0.3) is 0 Å². The second-order valence-corrected chi connectivity index (χ2v) is 9.61. The highest BCUT2D eigenvalue weighted by molar-refractivity contribution is 5.91. The van der Waals surface area contributed by atoms with E-state index in [0.29, 0.717) is 11.5 Å². The molecule has 5 heteroatoms. The molecule has 0 N–H and O–H groups in total. The van der Waals surface area contributed by atoms with Crippen LogP contribution in [-0.2, 0) is 6.18 Å². The van der Waals surface area contributed by atoms with Gasteiger partial charge in [0.15, 0.2) is 0 Å². The van der Waals surface area contributed by atoms with Crippen molar-refractivity contribution in [3.63, 3.8) is 0 Å². The first kappa shape index (κ1) is 23.6. The number of rotatable bonds is 6. The highest BCUT2D eigenvalue weighted by Gasteiger charge is 2.35. The first-order valence-electron chi connectivity index (χ1n) is 11.9. The van der Waals surface area contributed by atoms with Gasteiger partial charge in [-0.05, 0) is 111 Å². The largest absolute Gasteiger partial charge is 0.423 e. The average Bonchev–Trinajstić information content (AvgIpc) is 2.82. The van der Waals surface area contributed by atoms with Gasteiger partial charge in [-0.25, -0.2) is 4.79 Å². The van der Waals surface area contributed by atoms with Crippen molar-refractivity contribution in [3.05, 3.63) is 77.9 Å². The zero-order valence-corrected chi connectivity index (χ0v) is 18.8. The number of allylic oxidation sites excluding steroid dienone is 1. The summed E-state index contributed by atoms with van der Waals surface area (Å²) in [6.07, 6.45) is 7.71. The number of fused-ring (bicyclic) bond motifs is 1. The molecular formula is C28H31F3O2. The molecule has 2 aromatic rings. The van der Waals surface area contributed by atoms with E-state index in [1.807, 2.05) is 18.2 Å². The van der Waals surface area contributed by atoms with Gasteiger partial charge in [0.1, 0.15) is 5.75 Å². The van der Waals surface area contributed by atoms with Gasteiger partial charge in [-0.15, -0.1) is 6.58 Å². The van der Waals surface area contributed by atoms with Crippen molar-refractivity contribution >= 4 is 5.97 Å². The molecule has 2 aliphatic carbocycles. The number of carbonyl (C=O) groups is 1. The number of hydrogen-bond donors (Lipinski definition) is 0. The number of alkyl halides is 3. The van der Waals surface area contributed by atoms with E-state index in [4.69, 9.17) is 4.74 Å². The molecule has 0 radical (unpaired) electrons. The van der Waals surface area contributed by atoms with E-state index in [1.54, 1.807) is 12.1 Å². The molecule has 4 rings (SSSR count). The Hall–Kier alpha value is -2.56. The summed E-state index contributed by atoms with van der Waals surface area (Å²) in [4.78, 5) is 12.4. The van der Waals surface area contributed by atoms with Crippen molar-refractivity contribution in [1.82, 2.24) is 0 Å². The number of benzene rings is 2. The Balaban J connectivity index is 1.32. The smallest absolute Gasteiger partial charge is 0.416 e. The summed E-state index contributed by atoms with van der Waals surface area (Å²) in [6, 6.07) is 11.7. The zero-order chi connectivity index (χ0) is 23.4. The monoisotopic (exact) mass is 456 g/mol. The predicted molar refractivity (Wildman–Crippen MR) is 123 cm³/mol. The van der Waals surface area contributed by atoms with Crippen LogP contribution < -0.4 is 4.74 Å². The fourth-order valence-corrected chi connectivity index (χ4v) is 5.67. The Morgan fingerprint density at radius 1 is 0.939 bits per heavy atom. The van der Waals surface area contributed by atoms with E-state index in [-0.39, 0.29) is 5.75 Å². The van der Waals surface area contributed by atoms with Crippen LogP contribution in [0.1, 0.15) is 78.8 Å². The summed E-state index contributed by atoms with van der Waals surface area (Å²) in [5, 5.41) is 0. The van der Waals surface area contributed by atoms with Crippen molar-refractivity contribution in [2.24, 2.45) is 17.8 Å². The Kier molecular flexibility index (Phi) is 7.26. The van der Waals surface area contributed by atoms with Crippen LogP contribution >= 0.6 is 0 Å². The first-order valence-corrected chi connectivity index (χ1v) is 11.9. The van der Waals surface area contributed by atoms with Gasteiger partial charge in [-0.3, -0.25) is 0 Å². The minimum atomic E-state index is -4.41. The van der Waals surface area contributed by atoms with Gasteiger partial charge >= 0.3 is 12.1 Å². The molecule has 2 fully saturated rings. The summed E-state index contributed by atoms with van der Waals surface area (Å²) in [7, 11) is 0. The fraction of sp³-hybridized carbons (Fsp3) is 0.464. The third kappa shape index (κ3) is 5.87. The highest BCUT2D eigenvalue weighted by atomic mass is 19.4. The minimum absolute atomic E-state index is 0.0964. The van der Waals surface area contributed by atoms with E-state index < -0.39 is 17.7 Å². The van der Waals surface area contributed by atoms with E-state index in [0.717, 1.165) is 36.3 Å². The van der Waals surface area contributed by atoms with E-state index >= 15 is 0 Å². The molecule has 0 aliphatic heterocycles. The van der Waals surface area contributed by atoms with E-state index in [1.165, 1.54) is 62.6 Å². The summed E-state index contributed by atoms with van der Waals surface area (Å²) in [5.74, 6) is 2.56. The van der Waals surface area contributed by atoms with Gasteiger partial charge in [-0.1, -0.05) is 24.6 Å². The van der Waals surface area contributed by atoms with Gasteiger partial charge in [0.2, 0.25) is 0 Å². The van der Waals surface area contributed by atoms with Crippen molar-refractivity contribution in [2.75, 3.05) is 0 Å². The third-order valence-electron chi connectivity index (χ3n) is 7.51. The topological polar surface area (TPSA) is 26.3 Å². The Bertz CT molecular complexity index is 947. The van der Waals surface area contributed by atoms with Crippen molar-refractivity contribution in [3.8, 4) is 5.75 Å². The SMILES string of the molecule is C=CCCC1CCC2CC(c3ccc(C(=O)Oc4ccc(C(F)(F)F)cc4)cc3)CCC2C1. The molecule has 0 amide bonds. The lowest BCUT2D eigenvalue weighted by molar-refractivity contribution is -0.137. The maximum Gasteiger partial charge on any atom is 0.416 e. The van der Waals surface area contributed by atoms with Gasteiger partial charge < -0.3 is 4.74 Å². The maximum absolute atomic E-state index is 12.7. The molecule has 2 aromatic carbocycles. The molecule has 0 bridgehead atoms. The molecule has 4 unspecified atom stereocenters. The van der Waals surface area contributed by atoms with Crippen LogP contribution in [0, 0.1) is 17.8 Å². The van der Waals surface area contributed by atoms with E-state index in [9.17, 15) is 18.0 Å². The Morgan fingerprint density at radius 3 is 2.27 bits per heavy atom. The molecule has 2 aliphatic rings. The van der Waals surface area contributed by atoms with Crippen LogP contribution in [0.4, 0.5) is 13.2 Å². The predicted octanol–water partition coefficient (Wildman–Crippen LogP) is 8.19. The number of halogens is 3. The third-order valence-corrected chi connectivity index (χ3v) is 7.51. The number of ether oxygens (including phenoxy) is 1. The second-order valence-electron chi connectivity index (χ2n) is 9.61. The van der Waals surface area contributed by atoms with E-state index in [2.05, 4.69) is 6.58 Å². The lowest BCUT2D eigenvalue weighted by atomic mass is 9.63. The molecule has 0 saturated heterocycles. The standard InChI is InChI=1S/C28H31F3O2/c1-2-3-4-19-5-6-24-18-23(12-11-22(24)17-19)20-7-9-21(10-8-20)27(32)33-26-15-13-25(14-16-26)28(29,30)31/h2,7-10,13-16,19,22-24H,1,3-6,11-12,17-18H2. The lowest BCUT2D eigenvalue weighted by Gasteiger charge is -2.42. The summed E-state index contributed by atoms with van der Waals surface area (Å²) < 4.78 is 43.3. The number of esters is 1. The molecule has 2 nitrogen and oxygen atoms in total. The number of carbonyl (C=O) groups excluding carboxylic acids is 1. The van der Waals surface area contributed by atoms with Crippen LogP contribution in [0.3, 0.4) is 0 Å². The molecule has 176 valence electrons. The van der Waals surface area contributed by atoms with Crippen LogP contribution in [0.15, 0.2) is 61.2 Å². The van der Waals surface area contributed by atoms with Crippen molar-refractivity contribution in [1.29, 1.82) is 0 Å². The average molecular weight is 457 g/mol. The molecular weight excluding hydrogens is 425 g/mol. The molecule has 0 spiro atoms. The maximum atomic E-state index is 12.7. The van der Waals surface area contributed by atoms with Gasteiger partial charge in [-0.2, -0.15) is 13.2 Å².